The molecule has 2 aliphatic rings. The van der Waals surface area contributed by atoms with Gasteiger partial charge in [0.1, 0.15) is 24.2 Å². The first-order valence-electron chi connectivity index (χ1n) is 25.5. The summed E-state index contributed by atoms with van der Waals surface area (Å²) >= 11 is 0. The maximum absolute atomic E-state index is 12.3. The molecule has 1 saturated heterocycles. The van der Waals surface area contributed by atoms with Crippen LogP contribution < -0.4 is 73.3 Å². The zero-order valence-electron chi connectivity index (χ0n) is 48.1. The van der Waals surface area contributed by atoms with E-state index >= 15 is 0 Å². The number of nitrogens with one attached hydrogen (secondary N) is 2. The van der Waals surface area contributed by atoms with Gasteiger partial charge in [0.2, 0.25) is 29.9 Å². The van der Waals surface area contributed by atoms with E-state index in [0.29, 0.717) is 28.3 Å². The molecule has 2 aliphatic heterocycles. The molecule has 1 unspecified atom stereocenters. The van der Waals surface area contributed by atoms with Crippen molar-refractivity contribution in [1.82, 2.24) is 0 Å². The van der Waals surface area contributed by atoms with E-state index in [9.17, 15) is 48.6 Å². The molecule has 5 aromatic carbocycles. The Bertz CT molecular complexity index is 4070. The summed E-state index contributed by atoms with van der Waals surface area (Å²) in [4.78, 5) is 90.0. The predicted octanol–water partition coefficient (Wildman–Crippen LogP) is 5.39. The number of aryl methyl sites for hydroxylation is 3. The minimum Gasteiger partial charge on any atom is -0.512 e. The molecule has 0 aliphatic carbocycles. The molecule has 4 atom stereocenters. The first-order chi connectivity index (χ1) is 40.1. The van der Waals surface area contributed by atoms with Crippen LogP contribution in [0.3, 0.4) is 0 Å². The first kappa shape index (κ1) is 68.7. The number of aromatic hydroxyl groups is 1. The number of aromatic carboxylic acids is 1. The van der Waals surface area contributed by atoms with Gasteiger partial charge in [-0.05, 0) is 98.8 Å². The van der Waals surface area contributed by atoms with Crippen LogP contribution in [-0.4, -0.2) is 69.3 Å². The SMILES string of the molecule is CC(=O)Nc1cc2ccc(O)cc2c(=O)o1.CC(=O)Nc1cc2ccc(OC3OC(C)(C)[C@H](C)[C@H](OC(N)=O)[C@@H]3O)cc2c(=O)o1.Cc1ccc(CC#N)c(C(=O)O)c1.Cc1ccc2c(c1)C(=O)OC2.Cc1ccc2cc(N)oc(=O)c2c1.[C-]#N.[Na+]. The number of amides is 3. The summed E-state index contributed by atoms with van der Waals surface area (Å²) in [5.74, 6) is -1.72. The molecule has 0 spiro atoms. The monoisotopic (exact) mass is 1190 g/mol. The Morgan fingerprint density at radius 3 is 1.83 bits per heavy atom. The summed E-state index contributed by atoms with van der Waals surface area (Å²) in [5.41, 5.74) is 13.6. The average molecular weight is 1190 g/mol. The van der Waals surface area contributed by atoms with Gasteiger partial charge in [0.25, 0.3) is 0 Å². The summed E-state index contributed by atoms with van der Waals surface area (Å²) in [6, 6.07) is 32.0. The van der Waals surface area contributed by atoms with Gasteiger partial charge in [-0.1, -0.05) is 72.1 Å². The number of phenols is 1. The summed E-state index contributed by atoms with van der Waals surface area (Å²) in [5, 5.41) is 51.2. The summed E-state index contributed by atoms with van der Waals surface area (Å²) in [6.45, 7) is 18.8. The predicted molar refractivity (Wildman–Crippen MR) is 309 cm³/mol. The molecule has 5 heterocycles. The van der Waals surface area contributed by atoms with Crippen LogP contribution in [-0.2, 0) is 36.8 Å². The number of anilines is 3. The van der Waals surface area contributed by atoms with Crippen molar-refractivity contribution in [3.63, 3.8) is 0 Å². The summed E-state index contributed by atoms with van der Waals surface area (Å²) < 4.78 is 36.3. The topological polar surface area (TPSA) is 397 Å². The number of esters is 1. The fourth-order valence-corrected chi connectivity index (χ4v) is 8.41. The maximum atomic E-state index is 12.3. The van der Waals surface area contributed by atoms with Crippen molar-refractivity contribution in [2.45, 2.75) is 92.5 Å². The zero-order chi connectivity index (χ0) is 63.0. The molecule has 9 N–H and O–H groups in total. The number of hydrogen-bond acceptors (Lipinski definition) is 20. The third kappa shape index (κ3) is 18.6. The number of hydrogen-bond donors (Lipinski definition) is 7. The van der Waals surface area contributed by atoms with Gasteiger partial charge in [-0.15, -0.1) is 0 Å². The summed E-state index contributed by atoms with van der Waals surface area (Å²) in [6.07, 6.45) is -4.30. The molecule has 0 bridgehead atoms. The molecule has 0 radical (unpaired) electrons. The average Bonchev–Trinajstić information content (AvgIpc) is 1.34. The molecule has 442 valence electrons. The number of benzene rings is 5. The van der Waals surface area contributed by atoms with Gasteiger partial charge in [-0.2, -0.15) is 5.26 Å². The van der Waals surface area contributed by atoms with Gasteiger partial charge in [0.05, 0.1) is 45.4 Å². The normalized spacial score (nSPS) is 15.7. The number of nitriles is 1. The van der Waals surface area contributed by atoms with E-state index in [2.05, 4.69) is 10.6 Å². The second-order valence-electron chi connectivity index (χ2n) is 19.6. The van der Waals surface area contributed by atoms with Crippen molar-refractivity contribution in [3.05, 3.63) is 186 Å². The number of rotatable bonds is 7. The summed E-state index contributed by atoms with van der Waals surface area (Å²) in [7, 11) is 0. The number of nitrogen functional groups attached to an aromatic ring is 1. The molecule has 0 saturated carbocycles. The largest absolute Gasteiger partial charge is 1.00 e. The van der Waals surface area contributed by atoms with Gasteiger partial charge in [0.15, 0.2) is 12.0 Å². The van der Waals surface area contributed by atoms with E-state index < -0.39 is 47.4 Å². The van der Waals surface area contributed by atoms with Gasteiger partial charge < -0.3 is 70.8 Å². The van der Waals surface area contributed by atoms with Crippen molar-refractivity contribution >= 4 is 79.8 Å². The van der Waals surface area contributed by atoms with E-state index in [1.54, 1.807) is 69.3 Å². The Labute approximate surface area is 512 Å². The van der Waals surface area contributed by atoms with Gasteiger partial charge >= 0.3 is 64.5 Å². The number of carbonyl (C=O) groups excluding carboxylic acids is 4. The number of aliphatic hydroxyl groups is 1. The zero-order valence-corrected chi connectivity index (χ0v) is 50.1. The molecule has 8 aromatic rings. The minimum absolute atomic E-state index is 0. The number of carboxylic acid groups (broad SMARTS) is 1. The Hall–Kier alpha value is -9.82. The number of nitrogens with zero attached hydrogens (tertiary/aromatic N) is 2. The van der Waals surface area contributed by atoms with Crippen LogP contribution in [0.1, 0.15) is 83.2 Å². The van der Waals surface area contributed by atoms with Crippen molar-refractivity contribution in [2.75, 3.05) is 16.4 Å². The number of carboxylic acids is 1. The van der Waals surface area contributed by atoms with Crippen LogP contribution in [0.25, 0.3) is 32.3 Å². The number of cyclic esters (lactones) is 1. The number of primary amides is 1. The van der Waals surface area contributed by atoms with E-state index in [0.717, 1.165) is 33.2 Å². The quantitative estimate of drug-likeness (QED) is 0.0597. The van der Waals surface area contributed by atoms with Crippen molar-refractivity contribution < 1.29 is 101 Å². The molecule has 10 rings (SSSR count). The second kappa shape index (κ2) is 30.6. The van der Waals surface area contributed by atoms with Gasteiger partial charge in [-0.3, -0.25) is 20.2 Å². The van der Waals surface area contributed by atoms with E-state index in [4.69, 9.17) is 65.9 Å². The van der Waals surface area contributed by atoms with Crippen LogP contribution in [0, 0.1) is 49.9 Å². The van der Waals surface area contributed by atoms with Crippen LogP contribution in [0.5, 0.6) is 11.5 Å². The number of fused-ring (bicyclic) bond motifs is 4. The van der Waals surface area contributed by atoms with Crippen molar-refractivity contribution in [1.29, 1.82) is 10.5 Å². The van der Waals surface area contributed by atoms with Crippen LogP contribution in [0.2, 0.25) is 0 Å². The molecule has 3 amide bonds. The van der Waals surface area contributed by atoms with Crippen molar-refractivity contribution in [2.24, 2.45) is 11.7 Å². The van der Waals surface area contributed by atoms with E-state index in [1.165, 1.54) is 44.2 Å². The van der Waals surface area contributed by atoms with E-state index in [-0.39, 0.29) is 111 Å². The first-order valence-corrected chi connectivity index (χ1v) is 25.5. The van der Waals surface area contributed by atoms with E-state index in [1.807, 2.05) is 57.2 Å². The third-order valence-electron chi connectivity index (χ3n) is 12.8. The smallest absolute Gasteiger partial charge is 0.512 e. The van der Waals surface area contributed by atoms with Crippen LogP contribution >= 0.6 is 0 Å². The fourth-order valence-electron chi connectivity index (χ4n) is 8.41. The van der Waals surface area contributed by atoms with Crippen molar-refractivity contribution in [3.8, 4) is 17.6 Å². The van der Waals surface area contributed by atoms with Gasteiger partial charge in [-0.25, -0.2) is 28.8 Å². The Morgan fingerprint density at radius 2 is 1.24 bits per heavy atom. The van der Waals surface area contributed by atoms with Gasteiger partial charge in [0, 0.05) is 43.5 Å². The Kier molecular flexibility index (Phi) is 24.5. The minimum atomic E-state index is -1.31. The maximum Gasteiger partial charge on any atom is 1.00 e. The molecule has 86 heavy (non-hydrogen) atoms. The number of phenolic OH excluding ortho intramolecular Hbond substituents is 1. The Morgan fingerprint density at radius 1 is 0.733 bits per heavy atom. The third-order valence-corrected chi connectivity index (χ3v) is 12.8. The number of carbonyl (C=O) groups is 5. The standard InChI is InChI=1S/C20H24N2O8.C11H9NO4.2C10H9NO2.C9H8O2.CN.Na/c1-9-16(29-19(21)26)15(24)18(30-20(9,3)4)27-12-6-5-11-7-14(22-10(2)23)28-17(25)13(11)8-12;1-6(13)12-10-4-7-2-3-8(14)5-9(7)11(15)16-10;1-6-2-3-7-5-9(11)13-10(12)8(7)4-6;1-7-2-3-8(4-5-11)9(6-7)10(12)13;1-6-2-3-7-5-11-9(10)8(7)4-6;1-2;/h5-9,15-16,18,24H,1-4H3,(H2,21,26)(H,22,23);2-5,14H,1H3,(H,12,13);2-5H,11H2,1H3;2-3,6H,4H2,1H3,(H,12,13);2-4H,5H2,1H3;;/q;;;;;-1;+1/t9-,15+,16+,18?;;;;;;/m1....../s1. The van der Waals surface area contributed by atoms with Crippen LogP contribution in [0.4, 0.5) is 22.4 Å². The molecule has 1 fully saturated rings. The molecule has 3 aromatic heterocycles. The molecule has 24 nitrogen and oxygen atoms in total. The number of ether oxygens (including phenoxy) is 4. The number of nitrogens with two attached hydrogens (primary N) is 2. The molecular formula is C61H59N6NaO18. The fraction of sp³-hybridized carbons (Fsp3) is 0.246. The Balaban J connectivity index is 0.000000241. The van der Waals surface area contributed by atoms with Crippen LogP contribution in [0.15, 0.2) is 137 Å². The number of aliphatic hydroxyl groups excluding tert-OH is 1. The second-order valence-corrected chi connectivity index (χ2v) is 19.6. The molecular weight excluding hydrogens is 1130 g/mol. The molecule has 25 heteroatoms.